The molecule has 1 N–H and O–H groups in total. The van der Waals surface area contributed by atoms with Gasteiger partial charge in [0.2, 0.25) is 0 Å². The lowest BCUT2D eigenvalue weighted by molar-refractivity contribution is -0.385. The Labute approximate surface area is 135 Å². The van der Waals surface area contributed by atoms with Gasteiger partial charge >= 0.3 is 0 Å². The molecule has 0 spiro atoms. The standard InChI is InChI=1S/C15H13BrN2O4/c1-9-7-10(3-5-13(9)16)17-15(19)12-8-11(22-2)4-6-14(12)18(20)21/h3-8H,1-2H3,(H,17,19). The number of nitrogens with zero attached hydrogens (tertiary/aromatic N) is 1. The molecule has 0 bridgehead atoms. The summed E-state index contributed by atoms with van der Waals surface area (Å²) in [7, 11) is 1.43. The fraction of sp³-hybridized carbons (Fsp3) is 0.133. The number of rotatable bonds is 4. The number of anilines is 1. The minimum Gasteiger partial charge on any atom is -0.497 e. The van der Waals surface area contributed by atoms with Gasteiger partial charge in [0.15, 0.2) is 0 Å². The normalized spacial score (nSPS) is 10.1. The number of aryl methyl sites for hydroxylation is 1. The summed E-state index contributed by atoms with van der Waals surface area (Å²) >= 11 is 3.37. The number of halogens is 1. The van der Waals surface area contributed by atoms with E-state index in [9.17, 15) is 14.9 Å². The Morgan fingerprint density at radius 1 is 1.27 bits per heavy atom. The van der Waals surface area contributed by atoms with Crippen LogP contribution in [0, 0.1) is 17.0 Å². The van der Waals surface area contributed by atoms with Crippen LogP contribution in [0.2, 0.25) is 0 Å². The molecule has 1 amide bonds. The van der Waals surface area contributed by atoms with Crippen LogP contribution in [-0.4, -0.2) is 17.9 Å². The smallest absolute Gasteiger partial charge is 0.282 e. The summed E-state index contributed by atoms with van der Waals surface area (Å²) in [4.78, 5) is 22.8. The van der Waals surface area contributed by atoms with Gasteiger partial charge < -0.3 is 10.1 Å². The third kappa shape index (κ3) is 3.43. The molecule has 0 aliphatic heterocycles. The monoisotopic (exact) mass is 364 g/mol. The summed E-state index contributed by atoms with van der Waals surface area (Å²) in [6.07, 6.45) is 0. The van der Waals surface area contributed by atoms with Gasteiger partial charge in [-0.1, -0.05) is 15.9 Å². The van der Waals surface area contributed by atoms with Gasteiger partial charge in [0, 0.05) is 16.2 Å². The summed E-state index contributed by atoms with van der Waals surface area (Å²) in [5.74, 6) is -0.185. The Morgan fingerprint density at radius 2 is 2.00 bits per heavy atom. The number of nitro groups is 1. The second kappa shape index (κ2) is 6.57. The van der Waals surface area contributed by atoms with E-state index in [1.54, 1.807) is 18.2 Å². The maximum Gasteiger partial charge on any atom is 0.282 e. The molecule has 0 aliphatic carbocycles. The van der Waals surface area contributed by atoms with Gasteiger partial charge in [-0.15, -0.1) is 0 Å². The molecule has 6 nitrogen and oxygen atoms in total. The summed E-state index contributed by atoms with van der Waals surface area (Å²) in [6, 6.07) is 9.32. The number of nitro benzene ring substituents is 1. The molecule has 114 valence electrons. The van der Waals surface area contributed by atoms with Gasteiger partial charge in [-0.3, -0.25) is 14.9 Å². The molecule has 0 saturated heterocycles. The van der Waals surface area contributed by atoms with Crippen molar-refractivity contribution in [2.24, 2.45) is 0 Å². The lowest BCUT2D eigenvalue weighted by Crippen LogP contribution is -2.14. The summed E-state index contributed by atoms with van der Waals surface area (Å²) in [5.41, 5.74) is 1.18. The highest BCUT2D eigenvalue weighted by molar-refractivity contribution is 9.10. The van der Waals surface area contributed by atoms with Gasteiger partial charge in [-0.25, -0.2) is 0 Å². The number of ether oxygens (including phenoxy) is 1. The van der Waals surface area contributed by atoms with Crippen molar-refractivity contribution in [1.82, 2.24) is 0 Å². The van der Waals surface area contributed by atoms with Crippen molar-refractivity contribution in [3.8, 4) is 5.75 Å². The van der Waals surface area contributed by atoms with E-state index in [0.29, 0.717) is 11.4 Å². The molecular weight excluding hydrogens is 352 g/mol. The molecule has 2 aromatic rings. The predicted octanol–water partition coefficient (Wildman–Crippen LogP) is 3.93. The van der Waals surface area contributed by atoms with Crippen molar-refractivity contribution >= 4 is 33.2 Å². The fourth-order valence-corrected chi connectivity index (χ4v) is 2.15. The Bertz CT molecular complexity index is 746. The zero-order chi connectivity index (χ0) is 16.3. The zero-order valence-electron chi connectivity index (χ0n) is 11.9. The van der Waals surface area contributed by atoms with Crippen molar-refractivity contribution in [3.63, 3.8) is 0 Å². The van der Waals surface area contributed by atoms with Crippen LogP contribution in [0.25, 0.3) is 0 Å². The largest absolute Gasteiger partial charge is 0.497 e. The molecule has 0 fully saturated rings. The third-order valence-corrected chi connectivity index (χ3v) is 3.95. The molecule has 2 rings (SSSR count). The number of carbonyl (C=O) groups excluding carboxylic acids is 1. The van der Waals surface area contributed by atoms with Crippen LogP contribution >= 0.6 is 15.9 Å². The molecule has 0 heterocycles. The maximum absolute atomic E-state index is 12.3. The van der Waals surface area contributed by atoms with Gasteiger partial charge in [0.1, 0.15) is 11.3 Å². The molecule has 0 radical (unpaired) electrons. The molecular formula is C15H13BrN2O4. The Balaban J connectivity index is 2.35. The van der Waals surface area contributed by atoms with Crippen LogP contribution < -0.4 is 10.1 Å². The number of benzene rings is 2. The number of carbonyl (C=O) groups is 1. The topological polar surface area (TPSA) is 81.5 Å². The number of methoxy groups -OCH3 is 1. The predicted molar refractivity (Wildman–Crippen MR) is 86.5 cm³/mol. The molecule has 7 heteroatoms. The molecule has 0 aliphatic rings. The molecule has 0 saturated carbocycles. The van der Waals surface area contributed by atoms with Crippen molar-refractivity contribution in [1.29, 1.82) is 0 Å². The van der Waals surface area contributed by atoms with E-state index in [4.69, 9.17) is 4.74 Å². The van der Waals surface area contributed by atoms with E-state index in [1.165, 1.54) is 25.3 Å². The van der Waals surface area contributed by atoms with Crippen molar-refractivity contribution < 1.29 is 14.5 Å². The van der Waals surface area contributed by atoms with Crippen molar-refractivity contribution in [2.75, 3.05) is 12.4 Å². The minimum atomic E-state index is -0.596. The Morgan fingerprint density at radius 3 is 2.59 bits per heavy atom. The number of amides is 1. The van der Waals surface area contributed by atoms with Gasteiger partial charge in [-0.05, 0) is 42.8 Å². The molecule has 22 heavy (non-hydrogen) atoms. The second-order valence-corrected chi connectivity index (χ2v) is 5.41. The van der Waals surface area contributed by atoms with E-state index in [2.05, 4.69) is 21.2 Å². The van der Waals surface area contributed by atoms with E-state index < -0.39 is 10.8 Å². The Kier molecular flexibility index (Phi) is 4.77. The minimum absolute atomic E-state index is 0.0510. The summed E-state index contributed by atoms with van der Waals surface area (Å²) in [5, 5.41) is 13.7. The van der Waals surface area contributed by atoms with Crippen LogP contribution in [0.4, 0.5) is 11.4 Å². The van der Waals surface area contributed by atoms with E-state index in [1.807, 2.05) is 6.92 Å². The molecule has 0 aromatic heterocycles. The number of hydrogen-bond donors (Lipinski definition) is 1. The van der Waals surface area contributed by atoms with Crippen LogP contribution in [-0.2, 0) is 0 Å². The van der Waals surface area contributed by atoms with Crippen LogP contribution in [0.1, 0.15) is 15.9 Å². The average Bonchev–Trinajstić information content (AvgIpc) is 2.50. The summed E-state index contributed by atoms with van der Waals surface area (Å²) < 4.78 is 5.93. The van der Waals surface area contributed by atoms with Gasteiger partial charge in [-0.2, -0.15) is 0 Å². The van der Waals surface area contributed by atoms with Crippen LogP contribution in [0.3, 0.4) is 0 Å². The first-order valence-corrected chi connectivity index (χ1v) is 7.11. The van der Waals surface area contributed by atoms with Crippen molar-refractivity contribution in [3.05, 3.63) is 62.1 Å². The number of nitrogens with one attached hydrogen (secondary N) is 1. The van der Waals surface area contributed by atoms with Crippen molar-refractivity contribution in [2.45, 2.75) is 6.92 Å². The highest BCUT2D eigenvalue weighted by Gasteiger charge is 2.21. The maximum atomic E-state index is 12.3. The highest BCUT2D eigenvalue weighted by Crippen LogP contribution is 2.26. The zero-order valence-corrected chi connectivity index (χ0v) is 13.5. The quantitative estimate of drug-likeness (QED) is 0.658. The van der Waals surface area contributed by atoms with E-state index in [0.717, 1.165) is 10.0 Å². The van der Waals surface area contributed by atoms with Crippen LogP contribution in [0.15, 0.2) is 40.9 Å². The Hall–Kier alpha value is -2.41. The lowest BCUT2D eigenvalue weighted by atomic mass is 10.1. The first-order chi connectivity index (χ1) is 10.4. The molecule has 0 atom stereocenters. The van der Waals surface area contributed by atoms with Gasteiger partial charge in [0.25, 0.3) is 11.6 Å². The van der Waals surface area contributed by atoms with E-state index >= 15 is 0 Å². The molecule has 2 aromatic carbocycles. The number of hydrogen-bond acceptors (Lipinski definition) is 4. The average molecular weight is 365 g/mol. The van der Waals surface area contributed by atoms with Crippen LogP contribution in [0.5, 0.6) is 5.75 Å². The summed E-state index contributed by atoms with van der Waals surface area (Å²) in [6.45, 7) is 1.88. The fourth-order valence-electron chi connectivity index (χ4n) is 1.90. The highest BCUT2D eigenvalue weighted by atomic mass is 79.9. The second-order valence-electron chi connectivity index (χ2n) is 4.56. The van der Waals surface area contributed by atoms with E-state index in [-0.39, 0.29) is 11.3 Å². The third-order valence-electron chi connectivity index (χ3n) is 3.06. The SMILES string of the molecule is COc1ccc([N+](=O)[O-])c(C(=O)Nc2ccc(Br)c(C)c2)c1. The lowest BCUT2D eigenvalue weighted by Gasteiger charge is -2.09. The van der Waals surface area contributed by atoms with Gasteiger partial charge in [0.05, 0.1) is 12.0 Å². The first-order valence-electron chi connectivity index (χ1n) is 6.32. The first kappa shape index (κ1) is 16.0. The molecule has 0 unspecified atom stereocenters.